The third-order valence-corrected chi connectivity index (χ3v) is 5.38. The maximum Gasteiger partial charge on any atom is 0.339 e. The molecule has 0 bridgehead atoms. The van der Waals surface area contributed by atoms with Crippen LogP contribution in [0.4, 0.5) is 0 Å². The Morgan fingerprint density at radius 2 is 1.86 bits per heavy atom. The topological polar surface area (TPSA) is 81.7 Å². The fourth-order valence-corrected chi connectivity index (χ4v) is 3.69. The first-order valence-electron chi connectivity index (χ1n) is 9.88. The van der Waals surface area contributed by atoms with Crippen LogP contribution in [-0.4, -0.2) is 26.2 Å². The smallest absolute Gasteiger partial charge is 0.339 e. The summed E-state index contributed by atoms with van der Waals surface area (Å²) in [4.78, 5) is 24.6. The summed E-state index contributed by atoms with van der Waals surface area (Å²) < 4.78 is 16.4. The van der Waals surface area contributed by atoms with Gasteiger partial charge >= 0.3 is 5.63 Å². The highest BCUT2D eigenvalue weighted by Crippen LogP contribution is 2.37. The molecule has 6 nitrogen and oxygen atoms in total. The van der Waals surface area contributed by atoms with Gasteiger partial charge < -0.3 is 18.9 Å². The first-order valence-corrected chi connectivity index (χ1v) is 9.88. The molecule has 0 spiro atoms. The van der Waals surface area contributed by atoms with Crippen LogP contribution >= 0.6 is 0 Å². The second kappa shape index (κ2) is 8.03. The summed E-state index contributed by atoms with van der Waals surface area (Å²) in [5.41, 5.74) is 4.14. The van der Waals surface area contributed by atoms with E-state index < -0.39 is 5.63 Å². The van der Waals surface area contributed by atoms with Gasteiger partial charge in [-0.05, 0) is 37.3 Å². The normalized spacial score (nSPS) is 12.1. The zero-order valence-electron chi connectivity index (χ0n) is 18.0. The molecule has 0 atom stereocenters. The zero-order valence-corrected chi connectivity index (χ0v) is 18.0. The minimum absolute atomic E-state index is 0.0714. The number of aryl methyl sites for hydroxylation is 2. The lowest BCUT2D eigenvalue weighted by atomic mass is 9.86. The van der Waals surface area contributed by atoms with Crippen molar-refractivity contribution in [1.82, 2.24) is 5.32 Å². The van der Waals surface area contributed by atoms with Crippen molar-refractivity contribution in [2.24, 2.45) is 0 Å². The van der Waals surface area contributed by atoms with E-state index in [4.69, 9.17) is 13.6 Å². The van der Waals surface area contributed by atoms with Gasteiger partial charge in [-0.3, -0.25) is 4.79 Å². The van der Waals surface area contributed by atoms with Crippen molar-refractivity contribution in [1.29, 1.82) is 0 Å². The average Bonchev–Trinajstić information content (AvgIpc) is 3.08. The molecule has 156 valence electrons. The standard InChI is InChI=1S/C23H29NO5/c1-13-15(7-8-19(25)24-9-10-27-6)22(26)29-21-14(2)20-17(11-16(13)21)18(12-28-20)23(3,4)5/h11-12H,7-10H2,1-6H3,(H,24,25). The summed E-state index contributed by atoms with van der Waals surface area (Å²) in [6.07, 6.45) is 2.34. The summed E-state index contributed by atoms with van der Waals surface area (Å²) in [7, 11) is 1.58. The van der Waals surface area contributed by atoms with E-state index in [1.54, 1.807) is 13.4 Å². The van der Waals surface area contributed by atoms with Gasteiger partial charge in [0, 0.05) is 47.5 Å². The number of ether oxygens (including phenoxy) is 1. The number of furan rings is 1. The number of nitrogens with one attached hydrogen (secondary N) is 1. The summed E-state index contributed by atoms with van der Waals surface area (Å²) in [6, 6.07) is 2.04. The van der Waals surface area contributed by atoms with Crippen LogP contribution < -0.4 is 10.9 Å². The van der Waals surface area contributed by atoms with E-state index in [0.29, 0.717) is 30.7 Å². The fourth-order valence-electron chi connectivity index (χ4n) is 3.69. The molecule has 29 heavy (non-hydrogen) atoms. The summed E-state index contributed by atoms with van der Waals surface area (Å²) >= 11 is 0. The van der Waals surface area contributed by atoms with Crippen LogP contribution in [0.15, 0.2) is 26.0 Å². The molecular weight excluding hydrogens is 370 g/mol. The number of hydrogen-bond acceptors (Lipinski definition) is 5. The van der Waals surface area contributed by atoms with E-state index in [1.807, 2.05) is 19.9 Å². The Labute approximate surface area is 170 Å². The number of carbonyl (C=O) groups excluding carboxylic acids is 1. The van der Waals surface area contributed by atoms with Crippen molar-refractivity contribution in [3.63, 3.8) is 0 Å². The maximum atomic E-state index is 12.6. The van der Waals surface area contributed by atoms with Crippen LogP contribution in [0.1, 0.15) is 49.4 Å². The van der Waals surface area contributed by atoms with Gasteiger partial charge in [0.15, 0.2) is 0 Å². The lowest BCUT2D eigenvalue weighted by molar-refractivity contribution is -0.121. The van der Waals surface area contributed by atoms with Crippen molar-refractivity contribution < 1.29 is 18.4 Å². The molecule has 6 heteroatoms. The van der Waals surface area contributed by atoms with Crippen molar-refractivity contribution >= 4 is 27.8 Å². The fraction of sp³-hybridized carbons (Fsp3) is 0.478. The van der Waals surface area contributed by atoms with Gasteiger partial charge in [0.1, 0.15) is 11.2 Å². The number of carbonyl (C=O) groups is 1. The molecule has 0 aliphatic carbocycles. The van der Waals surface area contributed by atoms with Gasteiger partial charge in [-0.25, -0.2) is 4.79 Å². The molecule has 3 aromatic rings. The highest BCUT2D eigenvalue weighted by molar-refractivity contribution is 6.00. The maximum absolute atomic E-state index is 12.6. The predicted molar refractivity (Wildman–Crippen MR) is 114 cm³/mol. The van der Waals surface area contributed by atoms with Gasteiger partial charge in [-0.1, -0.05) is 20.8 Å². The van der Waals surface area contributed by atoms with Crippen molar-refractivity contribution in [3.05, 3.63) is 45.0 Å². The number of methoxy groups -OCH3 is 1. The van der Waals surface area contributed by atoms with Crippen LogP contribution in [-0.2, 0) is 21.4 Å². The quantitative estimate of drug-likeness (QED) is 0.497. The van der Waals surface area contributed by atoms with Gasteiger partial charge in [-0.15, -0.1) is 0 Å². The average molecular weight is 399 g/mol. The van der Waals surface area contributed by atoms with Crippen LogP contribution in [0.5, 0.6) is 0 Å². The van der Waals surface area contributed by atoms with E-state index >= 15 is 0 Å². The molecule has 1 amide bonds. The van der Waals surface area contributed by atoms with Gasteiger partial charge in [0.2, 0.25) is 5.91 Å². The lowest BCUT2D eigenvalue weighted by Crippen LogP contribution is -2.27. The monoisotopic (exact) mass is 399 g/mol. The SMILES string of the molecule is COCCNC(=O)CCc1c(C)c2cc3c(C(C)(C)C)coc3c(C)c2oc1=O. The molecule has 0 saturated carbocycles. The minimum Gasteiger partial charge on any atom is -0.464 e. The van der Waals surface area contributed by atoms with Crippen molar-refractivity contribution in [2.75, 3.05) is 20.3 Å². The molecule has 0 aliphatic rings. The van der Waals surface area contributed by atoms with E-state index in [9.17, 15) is 9.59 Å². The number of benzene rings is 1. The second-order valence-electron chi connectivity index (χ2n) is 8.49. The molecule has 2 aromatic heterocycles. The Bertz CT molecular complexity index is 1110. The molecule has 0 fully saturated rings. The van der Waals surface area contributed by atoms with E-state index in [-0.39, 0.29) is 17.7 Å². The number of rotatable bonds is 6. The highest BCUT2D eigenvalue weighted by atomic mass is 16.5. The van der Waals surface area contributed by atoms with Crippen LogP contribution in [0.3, 0.4) is 0 Å². The number of hydrogen-bond donors (Lipinski definition) is 1. The highest BCUT2D eigenvalue weighted by Gasteiger charge is 2.23. The van der Waals surface area contributed by atoms with Crippen LogP contribution in [0, 0.1) is 13.8 Å². The third-order valence-electron chi connectivity index (χ3n) is 5.38. The van der Waals surface area contributed by atoms with Crippen LogP contribution in [0.25, 0.3) is 21.9 Å². The summed E-state index contributed by atoms with van der Waals surface area (Å²) in [5.74, 6) is -0.113. The minimum atomic E-state index is -0.398. The van der Waals surface area contributed by atoms with Gasteiger partial charge in [0.25, 0.3) is 0 Å². The number of amides is 1. The molecule has 0 aliphatic heterocycles. The van der Waals surface area contributed by atoms with Crippen LogP contribution in [0.2, 0.25) is 0 Å². The van der Waals surface area contributed by atoms with Gasteiger partial charge in [-0.2, -0.15) is 0 Å². The van der Waals surface area contributed by atoms with Crippen molar-refractivity contribution in [3.8, 4) is 0 Å². The molecule has 2 heterocycles. The Morgan fingerprint density at radius 1 is 1.14 bits per heavy atom. The van der Waals surface area contributed by atoms with E-state index in [0.717, 1.165) is 33.0 Å². The largest absolute Gasteiger partial charge is 0.464 e. The van der Waals surface area contributed by atoms with E-state index in [1.165, 1.54) is 0 Å². The zero-order chi connectivity index (χ0) is 21.3. The molecule has 1 N–H and O–H groups in total. The van der Waals surface area contributed by atoms with Crippen molar-refractivity contribution in [2.45, 2.75) is 52.9 Å². The first kappa shape index (κ1) is 21.1. The molecular formula is C23H29NO5. The lowest BCUT2D eigenvalue weighted by Gasteiger charge is -2.17. The first-order chi connectivity index (χ1) is 13.6. The predicted octanol–water partition coefficient (Wildman–Crippen LogP) is 4.15. The Balaban J connectivity index is 2.04. The Hall–Kier alpha value is -2.60. The molecule has 0 unspecified atom stereocenters. The Kier molecular flexibility index (Phi) is 5.85. The molecule has 0 saturated heterocycles. The molecule has 0 radical (unpaired) electrons. The summed E-state index contributed by atoms with van der Waals surface area (Å²) in [5, 5.41) is 4.69. The Morgan fingerprint density at radius 3 is 2.52 bits per heavy atom. The molecule has 1 aromatic carbocycles. The van der Waals surface area contributed by atoms with Gasteiger partial charge in [0.05, 0.1) is 12.9 Å². The summed E-state index contributed by atoms with van der Waals surface area (Å²) in [6.45, 7) is 11.2. The van der Waals surface area contributed by atoms with E-state index in [2.05, 4.69) is 26.1 Å². The molecule has 3 rings (SSSR count). The third kappa shape index (κ3) is 4.08. The number of fused-ring (bicyclic) bond motifs is 2. The second-order valence-corrected chi connectivity index (χ2v) is 8.49.